The number of hydrogen-bond acceptors (Lipinski definition) is 6. The molecule has 28 heavy (non-hydrogen) atoms. The van der Waals surface area contributed by atoms with Gasteiger partial charge in [-0.25, -0.2) is 4.68 Å². The molecule has 2 saturated heterocycles. The maximum Gasteiger partial charge on any atom is 0.292 e. The lowest BCUT2D eigenvalue weighted by Gasteiger charge is -2.33. The first-order valence-electron chi connectivity index (χ1n) is 9.81. The van der Waals surface area contributed by atoms with E-state index in [1.807, 2.05) is 10.7 Å². The van der Waals surface area contributed by atoms with E-state index < -0.39 is 0 Å². The second kappa shape index (κ2) is 8.22. The average molecular weight is 390 g/mol. The van der Waals surface area contributed by atoms with Crippen molar-refractivity contribution in [2.24, 2.45) is 5.92 Å². The molecule has 2 fully saturated rings. The van der Waals surface area contributed by atoms with Gasteiger partial charge in [0.15, 0.2) is 0 Å². The minimum absolute atomic E-state index is 0.0243. The van der Waals surface area contributed by atoms with Gasteiger partial charge in [0.05, 0.1) is 24.8 Å². The molecule has 0 spiro atoms. The Morgan fingerprint density at radius 1 is 1.14 bits per heavy atom. The largest absolute Gasteiger partial charge is 0.491 e. The second-order valence-corrected chi connectivity index (χ2v) is 7.32. The van der Waals surface area contributed by atoms with Crippen LogP contribution in [0.4, 0.5) is 5.82 Å². The third-order valence-electron chi connectivity index (χ3n) is 5.48. The van der Waals surface area contributed by atoms with Gasteiger partial charge in [0.2, 0.25) is 11.7 Å². The molecule has 3 aliphatic rings. The summed E-state index contributed by atoms with van der Waals surface area (Å²) in [5, 5.41) is 7.38. The quantitative estimate of drug-likeness (QED) is 0.833. The molecule has 0 radical (unpaired) electrons. The normalized spacial score (nSPS) is 23.3. The summed E-state index contributed by atoms with van der Waals surface area (Å²) in [5.41, 5.74) is 0. The van der Waals surface area contributed by atoms with Gasteiger partial charge in [-0.05, 0) is 26.2 Å². The van der Waals surface area contributed by atoms with Gasteiger partial charge in [-0.1, -0.05) is 0 Å². The van der Waals surface area contributed by atoms with Crippen LogP contribution in [0.15, 0.2) is 23.8 Å². The van der Waals surface area contributed by atoms with E-state index in [0.717, 1.165) is 19.3 Å². The van der Waals surface area contributed by atoms with Crippen LogP contribution >= 0.6 is 0 Å². The van der Waals surface area contributed by atoms with Crippen LogP contribution in [0, 0.1) is 5.92 Å². The molecule has 4 heterocycles. The number of amides is 2. The topological polar surface area (TPSA) is 94.9 Å². The van der Waals surface area contributed by atoms with Crippen LogP contribution < -0.4 is 5.32 Å². The first-order valence-corrected chi connectivity index (χ1v) is 9.81. The molecule has 9 heteroatoms. The molecule has 1 aromatic heterocycles. The summed E-state index contributed by atoms with van der Waals surface area (Å²) in [4.78, 5) is 26.9. The van der Waals surface area contributed by atoms with Crippen molar-refractivity contribution in [1.82, 2.24) is 14.7 Å². The monoisotopic (exact) mass is 390 g/mol. The molecular weight excluding hydrogens is 364 g/mol. The van der Waals surface area contributed by atoms with E-state index in [4.69, 9.17) is 14.2 Å². The number of nitrogens with zero attached hydrogens (tertiary/aromatic N) is 3. The van der Waals surface area contributed by atoms with Gasteiger partial charge in [0.25, 0.3) is 5.91 Å². The summed E-state index contributed by atoms with van der Waals surface area (Å²) in [6.07, 6.45) is 3.97. The molecule has 152 valence electrons. The molecular formula is C19H26N4O5. The summed E-state index contributed by atoms with van der Waals surface area (Å²) in [6, 6.07) is 1.94. The van der Waals surface area contributed by atoms with Crippen LogP contribution in [0.2, 0.25) is 0 Å². The van der Waals surface area contributed by atoms with E-state index in [0.29, 0.717) is 56.9 Å². The number of anilines is 1. The maximum absolute atomic E-state index is 12.7. The van der Waals surface area contributed by atoms with Crippen molar-refractivity contribution in [3.05, 3.63) is 23.8 Å². The molecule has 1 aromatic rings. The van der Waals surface area contributed by atoms with Gasteiger partial charge in [0, 0.05) is 25.8 Å². The van der Waals surface area contributed by atoms with Crippen LogP contribution in [0.1, 0.15) is 32.2 Å². The Labute approximate surface area is 163 Å². The number of likely N-dealkylation sites (tertiary alicyclic amines) is 1. The predicted molar refractivity (Wildman–Crippen MR) is 99.2 cm³/mol. The molecule has 2 amide bonds. The summed E-state index contributed by atoms with van der Waals surface area (Å²) in [6.45, 7) is 4.95. The molecule has 4 rings (SSSR count). The van der Waals surface area contributed by atoms with Gasteiger partial charge in [-0.3, -0.25) is 9.59 Å². The third kappa shape index (κ3) is 3.84. The Morgan fingerprint density at radius 3 is 2.64 bits per heavy atom. The number of hydrogen-bond donors (Lipinski definition) is 1. The van der Waals surface area contributed by atoms with Crippen molar-refractivity contribution in [2.75, 3.05) is 44.8 Å². The van der Waals surface area contributed by atoms with Crippen molar-refractivity contribution in [1.29, 1.82) is 0 Å². The zero-order valence-corrected chi connectivity index (χ0v) is 16.1. The van der Waals surface area contributed by atoms with Gasteiger partial charge >= 0.3 is 0 Å². The van der Waals surface area contributed by atoms with Gasteiger partial charge < -0.3 is 24.4 Å². The van der Waals surface area contributed by atoms with Crippen molar-refractivity contribution >= 4 is 17.6 Å². The van der Waals surface area contributed by atoms with E-state index in [1.54, 1.807) is 18.0 Å². The highest BCUT2D eigenvalue weighted by atomic mass is 16.6. The van der Waals surface area contributed by atoms with E-state index in [1.165, 1.54) is 0 Å². The summed E-state index contributed by atoms with van der Waals surface area (Å²) in [7, 11) is 0. The molecule has 1 atom stereocenters. The van der Waals surface area contributed by atoms with Gasteiger partial charge in [-0.2, -0.15) is 5.10 Å². The van der Waals surface area contributed by atoms with Gasteiger partial charge in [-0.15, -0.1) is 0 Å². The summed E-state index contributed by atoms with van der Waals surface area (Å²) < 4.78 is 18.1. The number of piperidine rings is 1. The van der Waals surface area contributed by atoms with Crippen LogP contribution in [0.5, 0.6) is 0 Å². The molecule has 9 nitrogen and oxygen atoms in total. The fourth-order valence-electron chi connectivity index (χ4n) is 3.85. The lowest BCUT2D eigenvalue weighted by molar-refractivity contribution is -0.134. The van der Waals surface area contributed by atoms with Crippen LogP contribution in [0.3, 0.4) is 0 Å². The lowest BCUT2D eigenvalue weighted by atomic mass is 10.0. The number of allylic oxidation sites excluding steroid dienone is 1. The standard InChI is InChI=1S/C19H26N4O5/c1-13-17(28-11-10-27-13)19(25)22-7-3-15(4-8-22)23-16(2-6-20-23)21-18(24)14-5-9-26-12-14/h2,6,14-15H,3-5,7-12H2,1H3,(H,21,24). The van der Waals surface area contributed by atoms with Crippen LogP contribution in [-0.2, 0) is 23.8 Å². The third-order valence-corrected chi connectivity index (χ3v) is 5.48. The van der Waals surface area contributed by atoms with E-state index in [-0.39, 0.29) is 23.8 Å². The highest BCUT2D eigenvalue weighted by Crippen LogP contribution is 2.27. The Bertz CT molecular complexity index is 760. The zero-order valence-electron chi connectivity index (χ0n) is 16.1. The smallest absolute Gasteiger partial charge is 0.292 e. The Balaban J connectivity index is 1.36. The van der Waals surface area contributed by atoms with Crippen molar-refractivity contribution in [2.45, 2.75) is 32.2 Å². The Kier molecular flexibility index (Phi) is 5.52. The number of ether oxygens (including phenoxy) is 3. The van der Waals surface area contributed by atoms with Crippen molar-refractivity contribution in [3.63, 3.8) is 0 Å². The molecule has 1 N–H and O–H groups in total. The van der Waals surface area contributed by atoms with E-state index in [2.05, 4.69) is 10.4 Å². The minimum atomic E-state index is -0.120. The number of carbonyl (C=O) groups excluding carboxylic acids is 2. The highest BCUT2D eigenvalue weighted by molar-refractivity contribution is 5.92. The molecule has 3 aliphatic heterocycles. The SMILES string of the molecule is CC1=C(C(=O)N2CCC(n3nccc3NC(=O)C3CCOC3)CC2)OCCO1. The summed E-state index contributed by atoms with van der Waals surface area (Å²) >= 11 is 0. The first kappa shape index (κ1) is 18.8. The molecule has 0 aromatic carbocycles. The predicted octanol–water partition coefficient (Wildman–Crippen LogP) is 1.30. The highest BCUT2D eigenvalue weighted by Gasteiger charge is 2.31. The first-order chi connectivity index (χ1) is 13.6. The number of aromatic nitrogens is 2. The number of rotatable bonds is 4. The van der Waals surface area contributed by atoms with E-state index >= 15 is 0 Å². The fraction of sp³-hybridized carbons (Fsp3) is 0.632. The van der Waals surface area contributed by atoms with Crippen molar-refractivity contribution in [3.8, 4) is 0 Å². The zero-order chi connectivity index (χ0) is 19.5. The molecule has 0 bridgehead atoms. The molecule has 0 aliphatic carbocycles. The number of carbonyl (C=O) groups is 2. The maximum atomic E-state index is 12.7. The second-order valence-electron chi connectivity index (χ2n) is 7.32. The van der Waals surface area contributed by atoms with E-state index in [9.17, 15) is 9.59 Å². The molecule has 1 unspecified atom stereocenters. The van der Waals surface area contributed by atoms with Gasteiger partial charge in [0.1, 0.15) is 24.8 Å². The van der Waals surface area contributed by atoms with Crippen LogP contribution in [-0.4, -0.2) is 66.0 Å². The Morgan fingerprint density at radius 2 is 1.93 bits per heavy atom. The molecule has 0 saturated carbocycles. The van der Waals surface area contributed by atoms with Crippen molar-refractivity contribution < 1.29 is 23.8 Å². The summed E-state index contributed by atoms with van der Waals surface area (Å²) in [5.74, 6) is 1.32. The van der Waals surface area contributed by atoms with Crippen LogP contribution in [0.25, 0.3) is 0 Å². The number of nitrogens with one attached hydrogen (secondary N) is 1. The average Bonchev–Trinajstić information content (AvgIpc) is 3.40. The fourth-order valence-corrected chi connectivity index (χ4v) is 3.85. The Hall–Kier alpha value is -2.55. The minimum Gasteiger partial charge on any atom is -0.491 e. The lowest BCUT2D eigenvalue weighted by Crippen LogP contribution is -2.41.